The Bertz CT molecular complexity index is 1040. The zero-order valence-corrected chi connectivity index (χ0v) is 16.0. The van der Waals surface area contributed by atoms with Gasteiger partial charge in [-0.25, -0.2) is 0 Å². The van der Waals surface area contributed by atoms with Crippen molar-refractivity contribution in [3.8, 4) is 11.3 Å². The maximum atomic E-state index is 12.8. The topological polar surface area (TPSA) is 89.2 Å². The maximum absolute atomic E-state index is 12.8. The molecule has 0 aliphatic carbocycles. The Kier molecular flexibility index (Phi) is 5.33. The van der Waals surface area contributed by atoms with Crippen molar-refractivity contribution in [2.75, 3.05) is 13.1 Å². The molecule has 6 heteroatoms. The van der Waals surface area contributed by atoms with Crippen LogP contribution in [-0.2, 0) is 0 Å². The fourth-order valence-corrected chi connectivity index (χ4v) is 3.75. The predicted octanol–water partition coefficient (Wildman–Crippen LogP) is 3.26. The van der Waals surface area contributed by atoms with E-state index in [1.54, 1.807) is 42.7 Å². The zero-order chi connectivity index (χ0) is 20.2. The second-order valence-corrected chi connectivity index (χ2v) is 7.22. The molecule has 1 atom stereocenters. The number of hydrogen-bond donors (Lipinski definition) is 1. The molecule has 146 valence electrons. The van der Waals surface area contributed by atoms with Crippen molar-refractivity contribution in [2.45, 2.75) is 18.8 Å². The van der Waals surface area contributed by atoms with Gasteiger partial charge in [0.05, 0.1) is 11.3 Å². The highest BCUT2D eigenvalue weighted by Crippen LogP contribution is 2.28. The summed E-state index contributed by atoms with van der Waals surface area (Å²) in [7, 11) is 0. The fraction of sp³-hybridized carbons (Fsp3) is 0.217. The zero-order valence-electron chi connectivity index (χ0n) is 16.0. The van der Waals surface area contributed by atoms with Gasteiger partial charge >= 0.3 is 0 Å². The van der Waals surface area contributed by atoms with E-state index < -0.39 is 5.91 Å². The van der Waals surface area contributed by atoms with E-state index in [0.717, 1.165) is 36.3 Å². The van der Waals surface area contributed by atoms with Gasteiger partial charge in [0.2, 0.25) is 5.91 Å². The smallest absolute Gasteiger partial charge is 0.255 e. The van der Waals surface area contributed by atoms with Crippen LogP contribution < -0.4 is 5.73 Å². The summed E-state index contributed by atoms with van der Waals surface area (Å²) >= 11 is 0. The average Bonchev–Trinajstić information content (AvgIpc) is 2.79. The molecule has 0 spiro atoms. The van der Waals surface area contributed by atoms with Gasteiger partial charge in [-0.05, 0) is 49.2 Å². The van der Waals surface area contributed by atoms with E-state index in [-0.39, 0.29) is 11.8 Å². The van der Waals surface area contributed by atoms with Crippen LogP contribution in [0.1, 0.15) is 45.2 Å². The van der Waals surface area contributed by atoms with E-state index in [2.05, 4.69) is 4.98 Å². The van der Waals surface area contributed by atoms with Crippen LogP contribution in [-0.4, -0.2) is 39.8 Å². The SMILES string of the molecule is NC(=O)c1cccc(-c2cccc([C@H]3CCCN(C(=O)c4cccnc4)C3)n2)c1. The third kappa shape index (κ3) is 4.16. The molecule has 2 amide bonds. The summed E-state index contributed by atoms with van der Waals surface area (Å²) < 4.78 is 0. The monoisotopic (exact) mass is 386 g/mol. The van der Waals surface area contributed by atoms with E-state index in [1.807, 2.05) is 29.2 Å². The number of primary amides is 1. The molecule has 2 aromatic heterocycles. The number of nitrogens with zero attached hydrogens (tertiary/aromatic N) is 3. The molecule has 3 heterocycles. The highest BCUT2D eigenvalue weighted by molar-refractivity contribution is 5.94. The summed E-state index contributed by atoms with van der Waals surface area (Å²) in [6.45, 7) is 1.37. The van der Waals surface area contributed by atoms with E-state index in [4.69, 9.17) is 10.7 Å². The second kappa shape index (κ2) is 8.22. The van der Waals surface area contributed by atoms with Crippen LogP contribution in [0.3, 0.4) is 0 Å². The lowest BCUT2D eigenvalue weighted by Gasteiger charge is -2.32. The molecule has 2 N–H and O–H groups in total. The molecule has 0 bridgehead atoms. The van der Waals surface area contributed by atoms with Crippen LogP contribution in [0, 0.1) is 0 Å². The first-order valence-electron chi connectivity index (χ1n) is 9.68. The predicted molar refractivity (Wildman–Crippen MR) is 110 cm³/mol. The molecule has 29 heavy (non-hydrogen) atoms. The number of aromatic nitrogens is 2. The number of carbonyl (C=O) groups is 2. The first-order chi connectivity index (χ1) is 14.1. The largest absolute Gasteiger partial charge is 0.366 e. The summed E-state index contributed by atoms with van der Waals surface area (Å²) in [6.07, 6.45) is 5.18. The molecule has 1 aliphatic heterocycles. The van der Waals surface area contributed by atoms with Crippen molar-refractivity contribution in [1.82, 2.24) is 14.9 Å². The number of amides is 2. The van der Waals surface area contributed by atoms with Gasteiger partial charge in [-0.1, -0.05) is 18.2 Å². The number of rotatable bonds is 4. The standard InChI is InChI=1S/C23H22N4O2/c24-22(28)17-6-1-5-16(13-17)20-9-2-10-21(26-20)19-8-4-12-27(15-19)23(29)18-7-3-11-25-14-18/h1-3,5-7,9-11,13-14,19H,4,8,12,15H2,(H2,24,28)/t19-/m0/s1. The number of pyridine rings is 2. The minimum atomic E-state index is -0.458. The summed E-state index contributed by atoms with van der Waals surface area (Å²) in [5, 5.41) is 0. The Morgan fingerprint density at radius 3 is 2.66 bits per heavy atom. The number of piperidine rings is 1. The lowest BCUT2D eigenvalue weighted by Crippen LogP contribution is -2.39. The third-order valence-corrected chi connectivity index (χ3v) is 5.25. The highest BCUT2D eigenvalue weighted by atomic mass is 16.2. The molecule has 6 nitrogen and oxygen atoms in total. The maximum Gasteiger partial charge on any atom is 0.255 e. The van der Waals surface area contributed by atoms with Crippen molar-refractivity contribution >= 4 is 11.8 Å². The average molecular weight is 386 g/mol. The molecule has 0 saturated carbocycles. The highest BCUT2D eigenvalue weighted by Gasteiger charge is 2.26. The number of carbonyl (C=O) groups excluding carboxylic acids is 2. The molecule has 3 aromatic rings. The molecule has 4 rings (SSSR count). The normalized spacial score (nSPS) is 16.4. The van der Waals surface area contributed by atoms with E-state index in [0.29, 0.717) is 17.7 Å². The van der Waals surface area contributed by atoms with Crippen LogP contribution >= 0.6 is 0 Å². The van der Waals surface area contributed by atoms with Crippen LogP contribution in [0.2, 0.25) is 0 Å². The number of hydrogen-bond acceptors (Lipinski definition) is 4. The van der Waals surface area contributed by atoms with Crippen LogP contribution in [0.25, 0.3) is 11.3 Å². The molecule has 1 fully saturated rings. The van der Waals surface area contributed by atoms with Gasteiger partial charge in [0.1, 0.15) is 0 Å². The van der Waals surface area contributed by atoms with Crippen LogP contribution in [0.15, 0.2) is 67.0 Å². The molecule has 1 aromatic carbocycles. The quantitative estimate of drug-likeness (QED) is 0.745. The molecular formula is C23H22N4O2. The Balaban J connectivity index is 1.56. The lowest BCUT2D eigenvalue weighted by atomic mass is 9.93. The van der Waals surface area contributed by atoms with Crippen molar-refractivity contribution in [3.63, 3.8) is 0 Å². The minimum absolute atomic E-state index is 0.00751. The molecule has 1 aliphatic rings. The summed E-state index contributed by atoms with van der Waals surface area (Å²) in [6, 6.07) is 16.6. The number of likely N-dealkylation sites (tertiary alicyclic amines) is 1. The van der Waals surface area contributed by atoms with Crippen molar-refractivity contribution in [1.29, 1.82) is 0 Å². The summed E-state index contributed by atoms with van der Waals surface area (Å²) in [4.78, 5) is 35.0. The lowest BCUT2D eigenvalue weighted by molar-refractivity contribution is 0.0705. The van der Waals surface area contributed by atoms with Gasteiger partial charge in [-0.2, -0.15) is 0 Å². The van der Waals surface area contributed by atoms with Gasteiger partial charge in [-0.15, -0.1) is 0 Å². The van der Waals surface area contributed by atoms with Gasteiger partial charge in [0, 0.05) is 48.2 Å². The van der Waals surface area contributed by atoms with E-state index >= 15 is 0 Å². The van der Waals surface area contributed by atoms with Gasteiger partial charge in [0.15, 0.2) is 0 Å². The van der Waals surface area contributed by atoms with Crippen molar-refractivity contribution in [2.24, 2.45) is 5.73 Å². The van der Waals surface area contributed by atoms with Gasteiger partial charge in [0.25, 0.3) is 5.91 Å². The third-order valence-electron chi connectivity index (χ3n) is 5.25. The molecule has 0 radical (unpaired) electrons. The van der Waals surface area contributed by atoms with E-state index in [9.17, 15) is 9.59 Å². The Morgan fingerprint density at radius 2 is 1.86 bits per heavy atom. The van der Waals surface area contributed by atoms with Gasteiger partial charge < -0.3 is 10.6 Å². The molecule has 0 unspecified atom stereocenters. The Hall–Kier alpha value is -3.54. The number of nitrogens with two attached hydrogens (primary N) is 1. The molecule has 1 saturated heterocycles. The molecular weight excluding hydrogens is 364 g/mol. The first kappa shape index (κ1) is 18.8. The first-order valence-corrected chi connectivity index (χ1v) is 9.68. The second-order valence-electron chi connectivity index (χ2n) is 7.22. The summed E-state index contributed by atoms with van der Waals surface area (Å²) in [5.41, 5.74) is 9.06. The summed E-state index contributed by atoms with van der Waals surface area (Å²) in [5.74, 6) is -0.281. The Morgan fingerprint density at radius 1 is 1.03 bits per heavy atom. The Labute approximate surface area is 169 Å². The number of benzene rings is 1. The fourth-order valence-electron chi connectivity index (χ4n) is 3.75. The van der Waals surface area contributed by atoms with Crippen LogP contribution in [0.4, 0.5) is 0 Å². The van der Waals surface area contributed by atoms with Crippen molar-refractivity contribution in [3.05, 3.63) is 83.8 Å². The van der Waals surface area contributed by atoms with E-state index in [1.165, 1.54) is 0 Å². The van der Waals surface area contributed by atoms with Crippen molar-refractivity contribution < 1.29 is 9.59 Å². The van der Waals surface area contributed by atoms with Gasteiger partial charge in [-0.3, -0.25) is 19.6 Å². The minimum Gasteiger partial charge on any atom is -0.366 e. The van der Waals surface area contributed by atoms with Crippen LogP contribution in [0.5, 0.6) is 0 Å².